The van der Waals surface area contributed by atoms with E-state index in [1.807, 2.05) is 0 Å². The van der Waals surface area contributed by atoms with Gasteiger partial charge in [-0.1, -0.05) is 0 Å². The van der Waals surface area contributed by atoms with Crippen LogP contribution in [-0.4, -0.2) is 0 Å². The van der Waals surface area contributed by atoms with Crippen LogP contribution in [0.15, 0.2) is 30.3 Å². The largest absolute Gasteiger partial charge is 0.207 e. The Morgan fingerprint density at radius 1 is 0.812 bits per heavy atom. The maximum Gasteiger partial charge on any atom is 0.134 e. The SMILES string of the molecule is Fc1[c]c(F)cc(-c2cc(F)ccc2F)c1. The first-order valence-electron chi connectivity index (χ1n) is 4.40. The number of benzene rings is 2. The van der Waals surface area contributed by atoms with E-state index >= 15 is 0 Å². The average Bonchev–Trinajstić information content (AvgIpc) is 2.20. The van der Waals surface area contributed by atoms with Crippen molar-refractivity contribution in [2.45, 2.75) is 0 Å². The van der Waals surface area contributed by atoms with Gasteiger partial charge in [-0.2, -0.15) is 0 Å². The molecule has 0 aromatic heterocycles. The molecule has 1 radical (unpaired) electrons. The molecule has 2 aromatic carbocycles. The molecule has 4 heteroatoms. The van der Waals surface area contributed by atoms with Crippen LogP contribution in [0.4, 0.5) is 17.6 Å². The van der Waals surface area contributed by atoms with E-state index in [-0.39, 0.29) is 11.1 Å². The van der Waals surface area contributed by atoms with Crippen LogP contribution in [0.5, 0.6) is 0 Å². The number of hydrogen-bond donors (Lipinski definition) is 0. The fraction of sp³-hybridized carbons (Fsp3) is 0. The van der Waals surface area contributed by atoms with Crippen molar-refractivity contribution in [2.24, 2.45) is 0 Å². The molecule has 0 saturated carbocycles. The summed E-state index contributed by atoms with van der Waals surface area (Å²) in [5.41, 5.74) is -0.252. The molecule has 2 aromatic rings. The van der Waals surface area contributed by atoms with Crippen LogP contribution in [-0.2, 0) is 0 Å². The van der Waals surface area contributed by atoms with Crippen molar-refractivity contribution in [1.82, 2.24) is 0 Å². The third kappa shape index (κ3) is 2.05. The highest BCUT2D eigenvalue weighted by Crippen LogP contribution is 2.25. The highest BCUT2D eigenvalue weighted by atomic mass is 19.1. The fourth-order valence-electron chi connectivity index (χ4n) is 1.38. The minimum atomic E-state index is -0.960. The van der Waals surface area contributed by atoms with Crippen molar-refractivity contribution >= 4 is 0 Å². The van der Waals surface area contributed by atoms with Gasteiger partial charge in [-0.25, -0.2) is 17.6 Å². The van der Waals surface area contributed by atoms with Crippen LogP contribution in [0.25, 0.3) is 11.1 Å². The molecule has 0 aliphatic rings. The molecule has 0 saturated heterocycles. The summed E-state index contributed by atoms with van der Waals surface area (Å²) in [6, 6.07) is 6.25. The van der Waals surface area contributed by atoms with Crippen molar-refractivity contribution in [3.63, 3.8) is 0 Å². The van der Waals surface area contributed by atoms with Crippen LogP contribution in [0.2, 0.25) is 0 Å². The van der Waals surface area contributed by atoms with Gasteiger partial charge in [0.2, 0.25) is 0 Å². The summed E-state index contributed by atoms with van der Waals surface area (Å²) in [6.45, 7) is 0. The Morgan fingerprint density at radius 3 is 2.06 bits per heavy atom. The van der Waals surface area contributed by atoms with E-state index in [9.17, 15) is 17.6 Å². The Bertz CT molecular complexity index is 514. The summed E-state index contributed by atoms with van der Waals surface area (Å²) < 4.78 is 51.8. The van der Waals surface area contributed by atoms with Crippen molar-refractivity contribution in [3.05, 3.63) is 59.7 Å². The summed E-state index contributed by atoms with van der Waals surface area (Å²) in [5, 5.41) is 0. The molecule has 0 atom stereocenters. The van der Waals surface area contributed by atoms with Crippen molar-refractivity contribution in [1.29, 1.82) is 0 Å². The number of halogens is 4. The molecule has 16 heavy (non-hydrogen) atoms. The second-order valence-corrected chi connectivity index (χ2v) is 3.19. The van der Waals surface area contributed by atoms with Gasteiger partial charge in [0.15, 0.2) is 0 Å². The van der Waals surface area contributed by atoms with Gasteiger partial charge in [0.05, 0.1) is 6.07 Å². The maximum atomic E-state index is 13.3. The minimum Gasteiger partial charge on any atom is -0.207 e. The van der Waals surface area contributed by atoms with Crippen molar-refractivity contribution in [3.8, 4) is 11.1 Å². The fourth-order valence-corrected chi connectivity index (χ4v) is 1.38. The normalized spacial score (nSPS) is 10.5. The zero-order valence-corrected chi connectivity index (χ0v) is 7.90. The van der Waals surface area contributed by atoms with Gasteiger partial charge >= 0.3 is 0 Å². The summed E-state index contributed by atoms with van der Waals surface area (Å²) in [7, 11) is 0. The third-order valence-electron chi connectivity index (χ3n) is 2.04. The van der Waals surface area contributed by atoms with Crippen LogP contribution in [0.3, 0.4) is 0 Å². The minimum absolute atomic E-state index is 0.0641. The first kappa shape index (κ1) is 10.7. The van der Waals surface area contributed by atoms with Gasteiger partial charge in [0.1, 0.15) is 23.3 Å². The zero-order valence-electron chi connectivity index (χ0n) is 7.90. The van der Waals surface area contributed by atoms with E-state index in [1.165, 1.54) is 0 Å². The zero-order chi connectivity index (χ0) is 11.7. The van der Waals surface area contributed by atoms with E-state index in [0.717, 1.165) is 30.3 Å². The molecule has 81 valence electrons. The quantitative estimate of drug-likeness (QED) is 0.649. The van der Waals surface area contributed by atoms with Gasteiger partial charge in [0, 0.05) is 5.56 Å². The van der Waals surface area contributed by atoms with Crippen molar-refractivity contribution in [2.75, 3.05) is 0 Å². The van der Waals surface area contributed by atoms with E-state index in [4.69, 9.17) is 0 Å². The molecule has 0 fully saturated rings. The van der Waals surface area contributed by atoms with Gasteiger partial charge in [0.25, 0.3) is 0 Å². The summed E-state index contributed by atoms with van der Waals surface area (Å²) in [4.78, 5) is 0. The summed E-state index contributed by atoms with van der Waals surface area (Å²) >= 11 is 0. The Labute approximate surface area is 89.2 Å². The van der Waals surface area contributed by atoms with Crippen LogP contribution >= 0.6 is 0 Å². The lowest BCUT2D eigenvalue weighted by Crippen LogP contribution is -1.89. The predicted octanol–water partition coefficient (Wildman–Crippen LogP) is 3.71. The van der Waals surface area contributed by atoms with Crippen molar-refractivity contribution < 1.29 is 17.6 Å². The molecule has 0 unspecified atom stereocenters. The second-order valence-electron chi connectivity index (χ2n) is 3.19. The Kier molecular flexibility index (Phi) is 2.64. The molecule has 0 N–H and O–H groups in total. The van der Waals surface area contributed by atoms with E-state index in [2.05, 4.69) is 0 Å². The van der Waals surface area contributed by atoms with Gasteiger partial charge in [-0.15, -0.1) is 0 Å². The molecular formula is C12H5F4. The van der Waals surface area contributed by atoms with E-state index in [1.54, 1.807) is 6.07 Å². The molecule has 0 aliphatic heterocycles. The second kappa shape index (κ2) is 3.96. The van der Waals surface area contributed by atoms with E-state index < -0.39 is 23.3 Å². The molecule has 0 bridgehead atoms. The van der Waals surface area contributed by atoms with Crippen LogP contribution in [0.1, 0.15) is 0 Å². The standard InChI is InChI=1S/C12H5F4/c13-8-1-2-12(16)11(6-8)7-3-9(14)5-10(15)4-7/h1-4,6H. The monoisotopic (exact) mass is 225 g/mol. The Hall–Kier alpha value is -1.84. The topological polar surface area (TPSA) is 0 Å². The Morgan fingerprint density at radius 2 is 1.44 bits per heavy atom. The summed E-state index contributed by atoms with van der Waals surface area (Å²) in [6.07, 6.45) is 0. The molecule has 0 spiro atoms. The molecule has 0 amide bonds. The lowest BCUT2D eigenvalue weighted by molar-refractivity contribution is 0.578. The highest BCUT2D eigenvalue weighted by molar-refractivity contribution is 5.64. The van der Waals surface area contributed by atoms with Gasteiger partial charge in [-0.3, -0.25) is 0 Å². The summed E-state index contributed by atoms with van der Waals surface area (Å²) in [5.74, 6) is -3.34. The molecule has 0 heterocycles. The molecule has 2 rings (SSSR count). The lowest BCUT2D eigenvalue weighted by atomic mass is 10.0. The highest BCUT2D eigenvalue weighted by Gasteiger charge is 2.09. The number of rotatable bonds is 1. The molecular weight excluding hydrogens is 220 g/mol. The third-order valence-corrected chi connectivity index (χ3v) is 2.04. The lowest BCUT2D eigenvalue weighted by Gasteiger charge is -2.04. The van der Waals surface area contributed by atoms with Gasteiger partial charge in [-0.05, 0) is 35.9 Å². The van der Waals surface area contributed by atoms with Gasteiger partial charge < -0.3 is 0 Å². The first-order chi connectivity index (χ1) is 7.56. The maximum absolute atomic E-state index is 13.3. The average molecular weight is 225 g/mol. The van der Waals surface area contributed by atoms with E-state index in [0.29, 0.717) is 0 Å². The van der Waals surface area contributed by atoms with Crippen LogP contribution < -0.4 is 0 Å². The van der Waals surface area contributed by atoms with Crippen LogP contribution in [0, 0.1) is 29.3 Å². The smallest absolute Gasteiger partial charge is 0.134 e. The molecule has 0 aliphatic carbocycles. The number of hydrogen-bond acceptors (Lipinski definition) is 0. The first-order valence-corrected chi connectivity index (χ1v) is 4.40. The predicted molar refractivity (Wildman–Crippen MR) is 50.5 cm³/mol. The molecule has 0 nitrogen and oxygen atoms in total. The Balaban J connectivity index is 2.62.